The Balaban J connectivity index is 1.32. The van der Waals surface area contributed by atoms with Crippen LogP contribution in [0.25, 0.3) is 0 Å². The van der Waals surface area contributed by atoms with E-state index >= 15 is 0 Å². The van der Waals surface area contributed by atoms with Crippen LogP contribution in [0.4, 0.5) is 33.2 Å². The molecule has 1 aromatic heterocycles. The highest BCUT2D eigenvalue weighted by Crippen LogP contribution is 2.57. The second-order valence-corrected chi connectivity index (χ2v) is 8.94. The Hall–Kier alpha value is -3.98. The summed E-state index contributed by atoms with van der Waals surface area (Å²) in [5.41, 5.74) is 3.47. The van der Waals surface area contributed by atoms with E-state index in [1.807, 2.05) is 49.4 Å². The van der Waals surface area contributed by atoms with Crippen LogP contribution in [0, 0.1) is 5.82 Å². The number of nitrogens with zero attached hydrogens (tertiary/aromatic N) is 3. The van der Waals surface area contributed by atoms with E-state index in [1.165, 1.54) is 5.56 Å². The zero-order chi connectivity index (χ0) is 25.1. The number of nitrogens with one attached hydrogen (secondary N) is 2. The number of ether oxygens (including phenoxy) is 2. The van der Waals surface area contributed by atoms with Crippen LogP contribution in [0.3, 0.4) is 0 Å². The Morgan fingerprint density at radius 2 is 1.92 bits per heavy atom. The van der Waals surface area contributed by atoms with Crippen molar-refractivity contribution in [2.24, 2.45) is 0 Å². The first kappa shape index (κ1) is 23.7. The normalized spacial score (nSPS) is 15.2. The molecule has 1 aliphatic carbocycles. The van der Waals surface area contributed by atoms with Crippen LogP contribution in [-0.2, 0) is 14.9 Å². The Bertz CT molecular complexity index is 1290. The lowest BCUT2D eigenvalue weighted by atomic mass is 9.98. The molecular weight excluding hydrogens is 461 g/mol. The summed E-state index contributed by atoms with van der Waals surface area (Å²) in [6, 6.07) is 13.1. The molecule has 186 valence electrons. The number of allylic oxidation sites excluding steroid dienone is 1. The summed E-state index contributed by atoms with van der Waals surface area (Å²) in [5, 5.41) is 6.13. The van der Waals surface area contributed by atoms with Gasteiger partial charge in [0.15, 0.2) is 11.6 Å². The average Bonchev–Trinajstić information content (AvgIpc) is 3.59. The fourth-order valence-corrected chi connectivity index (χ4v) is 4.42. The molecule has 0 bridgehead atoms. The summed E-state index contributed by atoms with van der Waals surface area (Å²) >= 11 is 0. The Labute approximate surface area is 209 Å². The molecule has 0 saturated heterocycles. The van der Waals surface area contributed by atoms with Gasteiger partial charge in [0.25, 0.3) is 5.91 Å². The van der Waals surface area contributed by atoms with Crippen LogP contribution in [0.1, 0.15) is 25.3 Å². The Kier molecular flexibility index (Phi) is 6.56. The number of benzene rings is 2. The van der Waals surface area contributed by atoms with Crippen molar-refractivity contribution in [3.8, 4) is 5.75 Å². The van der Waals surface area contributed by atoms with Gasteiger partial charge in [-0.15, -0.1) is 0 Å². The van der Waals surface area contributed by atoms with Crippen LogP contribution in [0.2, 0.25) is 0 Å². The van der Waals surface area contributed by atoms with Crippen LogP contribution >= 0.6 is 0 Å². The molecule has 1 spiro atoms. The van der Waals surface area contributed by atoms with Gasteiger partial charge in [0.05, 0.1) is 12.8 Å². The predicted molar refractivity (Wildman–Crippen MR) is 137 cm³/mol. The Morgan fingerprint density at radius 3 is 2.64 bits per heavy atom. The monoisotopic (exact) mass is 489 g/mol. The zero-order valence-corrected chi connectivity index (χ0v) is 20.3. The topological polar surface area (TPSA) is 88.6 Å². The molecule has 2 aromatic carbocycles. The van der Waals surface area contributed by atoms with E-state index in [4.69, 9.17) is 9.47 Å². The van der Waals surface area contributed by atoms with Crippen molar-refractivity contribution in [2.75, 3.05) is 42.4 Å². The quantitative estimate of drug-likeness (QED) is 0.320. The van der Waals surface area contributed by atoms with E-state index in [9.17, 15) is 9.18 Å². The van der Waals surface area contributed by atoms with E-state index < -0.39 is 5.82 Å². The number of hydrogen-bond acceptors (Lipinski definition) is 7. The van der Waals surface area contributed by atoms with Crippen LogP contribution < -0.4 is 20.3 Å². The van der Waals surface area contributed by atoms with Crippen molar-refractivity contribution in [1.29, 1.82) is 0 Å². The minimum atomic E-state index is -0.580. The molecule has 1 amide bonds. The highest BCUT2D eigenvalue weighted by atomic mass is 19.1. The van der Waals surface area contributed by atoms with Crippen LogP contribution in [-0.4, -0.2) is 42.7 Å². The first-order valence-corrected chi connectivity index (χ1v) is 11.9. The van der Waals surface area contributed by atoms with Crippen molar-refractivity contribution < 1.29 is 18.7 Å². The van der Waals surface area contributed by atoms with Gasteiger partial charge in [-0.1, -0.05) is 12.1 Å². The molecule has 0 atom stereocenters. The largest absolute Gasteiger partial charge is 0.491 e. The van der Waals surface area contributed by atoms with Crippen molar-refractivity contribution >= 4 is 34.7 Å². The predicted octanol–water partition coefficient (Wildman–Crippen LogP) is 5.08. The molecule has 1 fully saturated rings. The standard InChI is InChI=1S/C27H28FN5O3/c1-3-4-24(34)33-17-27(11-12-27)21-10-7-19(15-23(21)33)30-25-22(28)16-29-26(32-25)31-18-5-8-20(9-6-18)36-14-13-35-2/h3-10,15-16H,11-14,17H2,1-2H3,(H2,29,30,31,32)/b4-3+. The fraction of sp³-hybridized carbons (Fsp3) is 0.296. The summed E-state index contributed by atoms with van der Waals surface area (Å²) in [6.07, 6.45) is 6.58. The minimum absolute atomic E-state index is 0.0393. The first-order chi connectivity index (χ1) is 17.5. The number of carbonyl (C=O) groups excluding carboxylic acids is 1. The van der Waals surface area contributed by atoms with Gasteiger partial charge in [0.2, 0.25) is 5.95 Å². The number of methoxy groups -OCH3 is 1. The average molecular weight is 490 g/mol. The molecule has 0 unspecified atom stereocenters. The smallest absolute Gasteiger partial charge is 0.250 e. The lowest BCUT2D eigenvalue weighted by Gasteiger charge is -2.17. The van der Waals surface area contributed by atoms with Gasteiger partial charge < -0.3 is 25.0 Å². The number of hydrogen-bond donors (Lipinski definition) is 2. The SMILES string of the molecule is C/C=C/C(=O)N1CC2(CC2)c2ccc(Nc3nc(Nc4ccc(OCCOC)cc4)ncc3F)cc21. The third-order valence-electron chi connectivity index (χ3n) is 6.42. The number of halogens is 1. The number of rotatable bonds is 9. The molecule has 36 heavy (non-hydrogen) atoms. The van der Waals surface area contributed by atoms with E-state index in [0.29, 0.717) is 31.2 Å². The maximum atomic E-state index is 14.6. The van der Waals surface area contributed by atoms with Gasteiger partial charge in [-0.25, -0.2) is 9.37 Å². The summed E-state index contributed by atoms with van der Waals surface area (Å²) in [6.45, 7) is 3.48. The van der Waals surface area contributed by atoms with Gasteiger partial charge in [-0.05, 0) is 67.8 Å². The second kappa shape index (κ2) is 9.94. The highest BCUT2D eigenvalue weighted by molar-refractivity contribution is 6.04. The molecule has 8 nitrogen and oxygen atoms in total. The number of anilines is 5. The molecule has 2 N–H and O–H groups in total. The summed E-state index contributed by atoms with van der Waals surface area (Å²) < 4.78 is 25.1. The molecule has 1 saturated carbocycles. The fourth-order valence-electron chi connectivity index (χ4n) is 4.42. The van der Waals surface area contributed by atoms with Crippen LogP contribution in [0.15, 0.2) is 60.8 Å². The van der Waals surface area contributed by atoms with Gasteiger partial charge in [0.1, 0.15) is 12.4 Å². The van der Waals surface area contributed by atoms with E-state index in [2.05, 4.69) is 20.6 Å². The number of carbonyl (C=O) groups is 1. The van der Waals surface area contributed by atoms with Gasteiger partial charge in [0, 0.05) is 36.1 Å². The molecule has 0 radical (unpaired) electrons. The second-order valence-electron chi connectivity index (χ2n) is 8.94. The maximum absolute atomic E-state index is 14.6. The first-order valence-electron chi connectivity index (χ1n) is 11.9. The van der Waals surface area contributed by atoms with Gasteiger partial charge in [-0.3, -0.25) is 4.79 Å². The van der Waals surface area contributed by atoms with Crippen molar-refractivity contribution in [3.63, 3.8) is 0 Å². The third kappa shape index (κ3) is 4.87. The van der Waals surface area contributed by atoms with Crippen molar-refractivity contribution in [1.82, 2.24) is 9.97 Å². The molecule has 5 rings (SSSR count). The number of fused-ring (bicyclic) bond motifs is 2. The molecule has 3 aromatic rings. The highest BCUT2D eigenvalue weighted by Gasteiger charge is 2.52. The third-order valence-corrected chi connectivity index (χ3v) is 6.42. The van der Waals surface area contributed by atoms with E-state index in [-0.39, 0.29) is 23.1 Å². The molecule has 1 aliphatic heterocycles. The van der Waals surface area contributed by atoms with E-state index in [1.54, 1.807) is 24.2 Å². The number of amides is 1. The lowest BCUT2D eigenvalue weighted by molar-refractivity contribution is -0.114. The maximum Gasteiger partial charge on any atom is 0.250 e. The number of aromatic nitrogens is 2. The van der Waals surface area contributed by atoms with Crippen molar-refractivity contribution in [2.45, 2.75) is 25.2 Å². The molecule has 2 heterocycles. The molecule has 9 heteroatoms. The zero-order valence-electron chi connectivity index (χ0n) is 20.3. The molecule has 2 aliphatic rings. The minimum Gasteiger partial charge on any atom is -0.491 e. The van der Waals surface area contributed by atoms with Gasteiger partial charge in [-0.2, -0.15) is 4.98 Å². The van der Waals surface area contributed by atoms with Crippen molar-refractivity contribution in [3.05, 3.63) is 72.2 Å². The summed E-state index contributed by atoms with van der Waals surface area (Å²) in [4.78, 5) is 22.8. The summed E-state index contributed by atoms with van der Waals surface area (Å²) in [5.74, 6) is 0.372. The Morgan fingerprint density at radius 1 is 1.14 bits per heavy atom. The van der Waals surface area contributed by atoms with Gasteiger partial charge >= 0.3 is 0 Å². The lowest BCUT2D eigenvalue weighted by Crippen LogP contribution is -2.29. The summed E-state index contributed by atoms with van der Waals surface area (Å²) in [7, 11) is 1.62. The molecular formula is C27H28FN5O3. The van der Waals surface area contributed by atoms with Crippen LogP contribution in [0.5, 0.6) is 5.75 Å². The van der Waals surface area contributed by atoms with E-state index in [0.717, 1.165) is 30.4 Å².